The first-order chi connectivity index (χ1) is 10.2. The summed E-state index contributed by atoms with van der Waals surface area (Å²) < 4.78 is 2.00. The van der Waals surface area contributed by atoms with E-state index in [-0.39, 0.29) is 5.56 Å². The minimum atomic E-state index is 0.122. The van der Waals surface area contributed by atoms with Gasteiger partial charge in [0.1, 0.15) is 0 Å². The molecule has 2 aromatic rings. The van der Waals surface area contributed by atoms with E-state index in [0.717, 1.165) is 55.0 Å². The quantitative estimate of drug-likeness (QED) is 0.922. The van der Waals surface area contributed by atoms with Gasteiger partial charge in [0.2, 0.25) is 0 Å². The largest absolute Gasteiger partial charge is 0.365 e. The van der Waals surface area contributed by atoms with Crippen molar-refractivity contribution in [2.75, 3.05) is 12.4 Å². The molecule has 0 amide bonds. The predicted octanol–water partition coefficient (Wildman–Crippen LogP) is 3.30. The fraction of sp³-hybridized carbons (Fsp3) is 0.500. The van der Waals surface area contributed by atoms with Crippen LogP contribution in [0.5, 0.6) is 0 Å². The van der Waals surface area contributed by atoms with Crippen LogP contribution >= 0.6 is 11.3 Å². The number of anilines is 1. The summed E-state index contributed by atoms with van der Waals surface area (Å²) in [5.41, 5.74) is 4.26. The highest BCUT2D eigenvalue weighted by molar-refractivity contribution is 7.14. The SMILES string of the molecule is CCCCn1c2c(cc(-c3csc(NC)n3)c1=O)CCC2. The van der Waals surface area contributed by atoms with Crippen LogP contribution in [0.4, 0.5) is 5.13 Å². The average molecular weight is 303 g/mol. The van der Waals surface area contributed by atoms with Gasteiger partial charge in [-0.2, -0.15) is 0 Å². The zero-order valence-corrected chi connectivity index (χ0v) is 13.4. The summed E-state index contributed by atoms with van der Waals surface area (Å²) in [4.78, 5) is 17.3. The Morgan fingerprint density at radius 1 is 1.43 bits per heavy atom. The lowest BCUT2D eigenvalue weighted by molar-refractivity contribution is 0.591. The molecule has 3 rings (SSSR count). The molecule has 0 fully saturated rings. The highest BCUT2D eigenvalue weighted by Crippen LogP contribution is 2.27. The number of fused-ring (bicyclic) bond motifs is 1. The van der Waals surface area contributed by atoms with E-state index in [2.05, 4.69) is 23.3 Å². The van der Waals surface area contributed by atoms with Crippen LogP contribution in [0, 0.1) is 0 Å². The van der Waals surface area contributed by atoms with Crippen LogP contribution in [-0.2, 0) is 19.4 Å². The van der Waals surface area contributed by atoms with Crippen LogP contribution < -0.4 is 10.9 Å². The Morgan fingerprint density at radius 3 is 3.00 bits per heavy atom. The number of pyridine rings is 1. The molecule has 0 unspecified atom stereocenters. The molecule has 2 heterocycles. The molecule has 0 saturated heterocycles. The summed E-state index contributed by atoms with van der Waals surface area (Å²) in [6.07, 6.45) is 5.43. The number of rotatable bonds is 5. The van der Waals surface area contributed by atoms with Crippen LogP contribution in [0.2, 0.25) is 0 Å². The van der Waals surface area contributed by atoms with Crippen molar-refractivity contribution < 1.29 is 0 Å². The van der Waals surface area contributed by atoms with Crippen molar-refractivity contribution >= 4 is 16.5 Å². The fourth-order valence-corrected chi connectivity index (χ4v) is 3.64. The molecule has 0 aliphatic heterocycles. The molecule has 0 bridgehead atoms. The molecule has 112 valence electrons. The second-order valence-electron chi connectivity index (χ2n) is 5.48. The molecule has 1 N–H and O–H groups in total. The maximum atomic E-state index is 12.8. The first-order valence-electron chi connectivity index (χ1n) is 7.63. The van der Waals surface area contributed by atoms with E-state index in [1.807, 2.05) is 17.0 Å². The number of aromatic nitrogens is 2. The second kappa shape index (κ2) is 6.02. The van der Waals surface area contributed by atoms with Crippen molar-refractivity contribution in [3.8, 4) is 11.3 Å². The number of hydrogen-bond donors (Lipinski definition) is 1. The summed E-state index contributed by atoms with van der Waals surface area (Å²) in [6.45, 7) is 2.99. The zero-order chi connectivity index (χ0) is 14.8. The highest BCUT2D eigenvalue weighted by Gasteiger charge is 2.20. The Hall–Kier alpha value is -1.62. The lowest BCUT2D eigenvalue weighted by Crippen LogP contribution is -2.25. The van der Waals surface area contributed by atoms with Crippen molar-refractivity contribution in [2.45, 2.75) is 45.6 Å². The van der Waals surface area contributed by atoms with E-state index in [9.17, 15) is 4.79 Å². The molecular formula is C16H21N3OS. The van der Waals surface area contributed by atoms with Crippen molar-refractivity contribution in [1.82, 2.24) is 9.55 Å². The molecule has 0 saturated carbocycles. The van der Waals surface area contributed by atoms with Gasteiger partial charge in [-0.25, -0.2) is 4.98 Å². The molecule has 1 aliphatic rings. The number of aryl methyl sites for hydroxylation is 1. The van der Waals surface area contributed by atoms with Gasteiger partial charge in [0.25, 0.3) is 5.56 Å². The average Bonchev–Trinajstić information content (AvgIpc) is 3.14. The highest BCUT2D eigenvalue weighted by atomic mass is 32.1. The third-order valence-corrected chi connectivity index (χ3v) is 4.94. The number of unbranched alkanes of at least 4 members (excludes halogenated alkanes) is 1. The topological polar surface area (TPSA) is 46.9 Å². The van der Waals surface area contributed by atoms with Gasteiger partial charge in [0, 0.05) is 24.7 Å². The van der Waals surface area contributed by atoms with Gasteiger partial charge in [-0.05, 0) is 37.3 Å². The summed E-state index contributed by atoms with van der Waals surface area (Å²) in [7, 11) is 1.85. The van der Waals surface area contributed by atoms with Gasteiger partial charge < -0.3 is 9.88 Å². The normalized spacial score (nSPS) is 13.4. The second-order valence-corrected chi connectivity index (χ2v) is 6.34. The fourth-order valence-electron chi connectivity index (χ4n) is 2.97. The first kappa shape index (κ1) is 14.3. The molecule has 0 aromatic carbocycles. The summed E-state index contributed by atoms with van der Waals surface area (Å²) in [6, 6.07) is 2.07. The molecular weight excluding hydrogens is 282 g/mol. The standard InChI is InChI=1S/C16H21N3OS/c1-3-4-8-19-14-7-5-6-11(14)9-12(15(19)20)13-10-21-16(17-2)18-13/h9-10H,3-8H2,1-2H3,(H,17,18). The molecule has 4 nitrogen and oxygen atoms in total. The third kappa shape index (κ3) is 2.62. The van der Waals surface area contributed by atoms with Gasteiger partial charge in [-0.15, -0.1) is 11.3 Å². The van der Waals surface area contributed by atoms with Crippen LogP contribution in [-0.4, -0.2) is 16.6 Å². The lowest BCUT2D eigenvalue weighted by atomic mass is 10.1. The van der Waals surface area contributed by atoms with E-state index in [4.69, 9.17) is 0 Å². The van der Waals surface area contributed by atoms with Crippen LogP contribution in [0.15, 0.2) is 16.2 Å². The summed E-state index contributed by atoms with van der Waals surface area (Å²) >= 11 is 1.54. The van der Waals surface area contributed by atoms with Gasteiger partial charge in [-0.3, -0.25) is 4.79 Å². The van der Waals surface area contributed by atoms with E-state index in [1.54, 1.807) is 0 Å². The van der Waals surface area contributed by atoms with Gasteiger partial charge in [0.15, 0.2) is 5.13 Å². The van der Waals surface area contributed by atoms with E-state index < -0.39 is 0 Å². The number of hydrogen-bond acceptors (Lipinski definition) is 4. The Labute approximate surface area is 128 Å². The molecule has 0 spiro atoms. The molecule has 21 heavy (non-hydrogen) atoms. The summed E-state index contributed by atoms with van der Waals surface area (Å²) in [5, 5.41) is 5.85. The zero-order valence-electron chi connectivity index (χ0n) is 12.6. The van der Waals surface area contributed by atoms with Crippen LogP contribution in [0.25, 0.3) is 11.3 Å². The summed E-state index contributed by atoms with van der Waals surface area (Å²) in [5.74, 6) is 0. The maximum absolute atomic E-state index is 12.8. The van der Waals surface area contributed by atoms with Gasteiger partial charge >= 0.3 is 0 Å². The Balaban J connectivity index is 2.11. The van der Waals surface area contributed by atoms with Crippen molar-refractivity contribution in [3.05, 3.63) is 33.1 Å². The Kier molecular flexibility index (Phi) is 4.10. The molecule has 0 atom stereocenters. The molecule has 1 aliphatic carbocycles. The lowest BCUT2D eigenvalue weighted by Gasteiger charge is -2.13. The van der Waals surface area contributed by atoms with E-state index in [0.29, 0.717) is 0 Å². The third-order valence-electron chi connectivity index (χ3n) is 4.08. The van der Waals surface area contributed by atoms with Gasteiger partial charge in [0.05, 0.1) is 11.3 Å². The number of nitrogens with one attached hydrogen (secondary N) is 1. The first-order valence-corrected chi connectivity index (χ1v) is 8.51. The monoisotopic (exact) mass is 303 g/mol. The van der Waals surface area contributed by atoms with E-state index in [1.165, 1.54) is 22.6 Å². The predicted molar refractivity (Wildman–Crippen MR) is 88.3 cm³/mol. The van der Waals surface area contributed by atoms with Crippen LogP contribution in [0.1, 0.15) is 37.4 Å². The minimum absolute atomic E-state index is 0.122. The van der Waals surface area contributed by atoms with E-state index >= 15 is 0 Å². The van der Waals surface area contributed by atoms with Crippen molar-refractivity contribution in [2.24, 2.45) is 0 Å². The maximum Gasteiger partial charge on any atom is 0.260 e. The van der Waals surface area contributed by atoms with Crippen molar-refractivity contribution in [3.63, 3.8) is 0 Å². The Morgan fingerprint density at radius 2 is 2.29 bits per heavy atom. The Bertz CT molecular complexity index is 702. The molecule has 5 heteroatoms. The number of nitrogens with zero attached hydrogens (tertiary/aromatic N) is 2. The van der Waals surface area contributed by atoms with Crippen LogP contribution in [0.3, 0.4) is 0 Å². The molecule has 0 radical (unpaired) electrons. The minimum Gasteiger partial charge on any atom is -0.365 e. The number of thiazole rings is 1. The molecule has 2 aromatic heterocycles. The smallest absolute Gasteiger partial charge is 0.260 e. The van der Waals surface area contributed by atoms with Crippen molar-refractivity contribution in [1.29, 1.82) is 0 Å². The van der Waals surface area contributed by atoms with Gasteiger partial charge in [-0.1, -0.05) is 13.3 Å².